The van der Waals surface area contributed by atoms with Crippen molar-refractivity contribution < 1.29 is 26.3 Å². The van der Waals surface area contributed by atoms with Gasteiger partial charge in [-0.2, -0.15) is 31.4 Å². The standard InChI is InChI=1S/C24H22F6N6/c1-35(2)13-3-11-31-22-32-12-10-18(33-22)20-19-9-8-17(24(28,29)30)14-36(19)34-21(20)15-4-6-16(7-5-15)23(25,26)27/h4-10,12,14H,3,11,13H2,1-2H3,(H,31,32,33). The normalized spacial score (nSPS) is 12.5. The molecule has 36 heavy (non-hydrogen) atoms. The van der Waals surface area contributed by atoms with E-state index in [4.69, 9.17) is 0 Å². The Morgan fingerprint density at radius 1 is 0.889 bits per heavy atom. The molecule has 0 radical (unpaired) electrons. The van der Waals surface area contributed by atoms with Gasteiger partial charge in [-0.3, -0.25) is 0 Å². The van der Waals surface area contributed by atoms with Crippen LogP contribution in [0.3, 0.4) is 0 Å². The van der Waals surface area contributed by atoms with Crippen molar-refractivity contribution in [1.82, 2.24) is 24.5 Å². The smallest absolute Gasteiger partial charge is 0.354 e. The molecule has 0 atom stereocenters. The Morgan fingerprint density at radius 2 is 1.56 bits per heavy atom. The first-order chi connectivity index (χ1) is 16.9. The highest BCUT2D eigenvalue weighted by atomic mass is 19.4. The van der Waals surface area contributed by atoms with Gasteiger partial charge >= 0.3 is 12.4 Å². The summed E-state index contributed by atoms with van der Waals surface area (Å²) in [5.74, 6) is 0.316. The maximum Gasteiger partial charge on any atom is 0.417 e. The molecule has 0 fully saturated rings. The van der Waals surface area contributed by atoms with Gasteiger partial charge in [0.1, 0.15) is 5.69 Å². The van der Waals surface area contributed by atoms with Crippen molar-refractivity contribution in [3.63, 3.8) is 0 Å². The van der Waals surface area contributed by atoms with E-state index in [1.807, 2.05) is 19.0 Å². The second-order valence-corrected chi connectivity index (χ2v) is 8.39. The first-order valence-electron chi connectivity index (χ1n) is 10.9. The number of rotatable bonds is 7. The van der Waals surface area contributed by atoms with Gasteiger partial charge in [0, 0.05) is 24.5 Å². The molecule has 190 valence electrons. The van der Waals surface area contributed by atoms with E-state index in [0.29, 0.717) is 34.8 Å². The molecule has 0 spiro atoms. The molecule has 0 saturated heterocycles. The summed E-state index contributed by atoms with van der Waals surface area (Å²) in [5, 5.41) is 7.41. The molecule has 0 amide bonds. The maximum absolute atomic E-state index is 13.3. The predicted molar refractivity (Wildman–Crippen MR) is 123 cm³/mol. The number of fused-ring (bicyclic) bond motifs is 1. The van der Waals surface area contributed by atoms with Crippen LogP contribution in [0.4, 0.5) is 32.3 Å². The zero-order valence-corrected chi connectivity index (χ0v) is 19.3. The van der Waals surface area contributed by atoms with Crippen molar-refractivity contribution in [3.8, 4) is 22.5 Å². The maximum atomic E-state index is 13.3. The molecule has 6 nitrogen and oxygen atoms in total. The van der Waals surface area contributed by atoms with Gasteiger partial charge in [-0.1, -0.05) is 12.1 Å². The highest BCUT2D eigenvalue weighted by Crippen LogP contribution is 2.38. The van der Waals surface area contributed by atoms with Gasteiger partial charge in [-0.05, 0) is 57.4 Å². The Kier molecular flexibility index (Phi) is 6.90. The van der Waals surface area contributed by atoms with Crippen molar-refractivity contribution in [1.29, 1.82) is 0 Å². The lowest BCUT2D eigenvalue weighted by Gasteiger charge is -2.11. The van der Waals surface area contributed by atoms with Crippen LogP contribution in [0, 0.1) is 0 Å². The molecular formula is C24H22F6N6. The third kappa shape index (κ3) is 5.59. The highest BCUT2D eigenvalue weighted by molar-refractivity contribution is 5.91. The number of hydrogen-bond acceptors (Lipinski definition) is 5. The van der Waals surface area contributed by atoms with Gasteiger partial charge in [-0.25, -0.2) is 14.5 Å². The fourth-order valence-corrected chi connectivity index (χ4v) is 3.67. The van der Waals surface area contributed by atoms with E-state index in [1.54, 1.807) is 6.07 Å². The third-order valence-electron chi connectivity index (χ3n) is 5.42. The van der Waals surface area contributed by atoms with Crippen LogP contribution in [0.1, 0.15) is 17.5 Å². The Balaban J connectivity index is 1.80. The Bertz CT molecular complexity index is 1340. The SMILES string of the molecule is CN(C)CCCNc1nccc(-c2c(-c3ccc(C(F)(F)F)cc3)nn3cc(C(F)(F)F)ccc23)n1. The number of pyridine rings is 1. The van der Waals surface area contributed by atoms with Gasteiger partial charge in [0.05, 0.1) is 27.9 Å². The van der Waals surface area contributed by atoms with Crippen molar-refractivity contribution in [2.75, 3.05) is 32.5 Å². The van der Waals surface area contributed by atoms with Gasteiger partial charge in [-0.15, -0.1) is 0 Å². The van der Waals surface area contributed by atoms with Gasteiger partial charge in [0.25, 0.3) is 0 Å². The van der Waals surface area contributed by atoms with Crippen LogP contribution in [-0.2, 0) is 12.4 Å². The van der Waals surface area contributed by atoms with Gasteiger partial charge < -0.3 is 10.2 Å². The number of hydrogen-bond donors (Lipinski definition) is 1. The number of nitrogens with zero attached hydrogens (tertiary/aromatic N) is 5. The summed E-state index contributed by atoms with van der Waals surface area (Å²) in [6.45, 7) is 1.44. The van der Waals surface area contributed by atoms with Crippen LogP contribution >= 0.6 is 0 Å². The zero-order chi connectivity index (χ0) is 26.1. The lowest BCUT2D eigenvalue weighted by atomic mass is 10.0. The minimum absolute atomic E-state index is 0.195. The molecule has 4 aromatic rings. The largest absolute Gasteiger partial charge is 0.417 e. The van der Waals surface area contributed by atoms with Crippen LogP contribution in [0.5, 0.6) is 0 Å². The second kappa shape index (κ2) is 9.76. The molecule has 12 heteroatoms. The molecule has 0 unspecified atom stereocenters. The van der Waals surface area contributed by atoms with E-state index in [2.05, 4.69) is 20.4 Å². The minimum atomic E-state index is -4.59. The van der Waals surface area contributed by atoms with E-state index < -0.39 is 23.5 Å². The minimum Gasteiger partial charge on any atom is -0.354 e. The number of alkyl halides is 6. The van der Waals surface area contributed by atoms with Crippen molar-refractivity contribution in [2.45, 2.75) is 18.8 Å². The van der Waals surface area contributed by atoms with E-state index >= 15 is 0 Å². The summed E-state index contributed by atoms with van der Waals surface area (Å²) in [7, 11) is 3.91. The Labute approximate surface area is 202 Å². The number of anilines is 1. The van der Waals surface area contributed by atoms with Gasteiger partial charge in [0.2, 0.25) is 5.95 Å². The molecule has 0 aliphatic carbocycles. The molecule has 1 N–H and O–H groups in total. The van der Waals surface area contributed by atoms with E-state index in [1.165, 1.54) is 24.4 Å². The van der Waals surface area contributed by atoms with Crippen LogP contribution in [-0.4, -0.2) is 51.7 Å². The summed E-state index contributed by atoms with van der Waals surface area (Å²) >= 11 is 0. The van der Waals surface area contributed by atoms with Crippen LogP contribution in [0.15, 0.2) is 54.9 Å². The molecule has 0 saturated carbocycles. The van der Waals surface area contributed by atoms with Gasteiger partial charge in [0.15, 0.2) is 0 Å². The van der Waals surface area contributed by atoms with E-state index in [-0.39, 0.29) is 5.69 Å². The molecule has 1 aromatic carbocycles. The molecular weight excluding hydrogens is 486 g/mol. The summed E-state index contributed by atoms with van der Waals surface area (Å²) in [4.78, 5) is 10.7. The number of halogens is 6. The van der Waals surface area contributed by atoms with Crippen molar-refractivity contribution >= 4 is 11.5 Å². The average molecular weight is 508 g/mol. The monoisotopic (exact) mass is 508 g/mol. The summed E-state index contributed by atoms with van der Waals surface area (Å²) < 4.78 is 80.1. The summed E-state index contributed by atoms with van der Waals surface area (Å²) in [6.07, 6.45) is -5.95. The molecule has 3 heterocycles. The number of benzene rings is 1. The third-order valence-corrected chi connectivity index (χ3v) is 5.42. The van der Waals surface area contributed by atoms with Crippen LogP contribution in [0.25, 0.3) is 28.0 Å². The van der Waals surface area contributed by atoms with Crippen molar-refractivity contribution in [3.05, 3.63) is 66.0 Å². The lowest BCUT2D eigenvalue weighted by Crippen LogP contribution is -2.17. The first-order valence-corrected chi connectivity index (χ1v) is 10.9. The summed E-state index contributed by atoms with van der Waals surface area (Å²) in [6, 6.07) is 8.06. The van der Waals surface area contributed by atoms with Crippen LogP contribution < -0.4 is 5.32 Å². The van der Waals surface area contributed by atoms with E-state index in [0.717, 1.165) is 41.9 Å². The molecule has 3 aromatic heterocycles. The Morgan fingerprint density at radius 3 is 2.19 bits per heavy atom. The fraction of sp³-hybridized carbons (Fsp3) is 0.292. The van der Waals surface area contributed by atoms with Crippen molar-refractivity contribution in [2.24, 2.45) is 0 Å². The second-order valence-electron chi connectivity index (χ2n) is 8.39. The van der Waals surface area contributed by atoms with Crippen LogP contribution in [0.2, 0.25) is 0 Å². The summed E-state index contributed by atoms with van der Waals surface area (Å²) in [5.41, 5.74) is -0.201. The molecule has 0 aliphatic rings. The van der Waals surface area contributed by atoms with E-state index in [9.17, 15) is 26.3 Å². The first kappa shape index (κ1) is 25.4. The average Bonchev–Trinajstić information content (AvgIpc) is 3.20. The topological polar surface area (TPSA) is 58.3 Å². The molecule has 4 rings (SSSR count). The molecule has 0 aliphatic heterocycles. The fourth-order valence-electron chi connectivity index (χ4n) is 3.67. The number of aromatic nitrogens is 4. The number of nitrogens with one attached hydrogen (secondary N) is 1. The predicted octanol–water partition coefficient (Wildman–Crippen LogP) is 5.86. The molecule has 0 bridgehead atoms. The quantitative estimate of drug-likeness (QED) is 0.250. The zero-order valence-electron chi connectivity index (χ0n) is 19.3. The lowest BCUT2D eigenvalue weighted by molar-refractivity contribution is -0.138. The Hall–Kier alpha value is -3.67. The highest BCUT2D eigenvalue weighted by Gasteiger charge is 2.32.